The highest BCUT2D eigenvalue weighted by atomic mass is 32.2. The Morgan fingerprint density at radius 3 is 2.33 bits per heavy atom. The largest absolute Gasteiger partial charge is 0.399 e. The lowest BCUT2D eigenvalue weighted by Gasteiger charge is -2.07. The maximum atomic E-state index is 12.0. The number of anilines is 1. The minimum Gasteiger partial charge on any atom is -0.399 e. The van der Waals surface area contributed by atoms with Crippen molar-refractivity contribution >= 4 is 15.8 Å². The van der Waals surface area contributed by atoms with Crippen LogP contribution in [-0.4, -0.2) is 8.42 Å². The molecule has 94 valence electrons. The molecule has 0 aromatic heterocycles. The molecule has 0 aliphatic carbocycles. The number of nitrogens with two attached hydrogens (primary N) is 1. The normalized spacial score (nSPS) is 11.2. The van der Waals surface area contributed by atoms with Crippen LogP contribution >= 0.6 is 0 Å². The van der Waals surface area contributed by atoms with E-state index in [1.165, 1.54) is 12.1 Å². The van der Waals surface area contributed by atoms with Crippen molar-refractivity contribution in [3.05, 3.63) is 54.1 Å². The quantitative estimate of drug-likeness (QED) is 0.681. The first-order valence-electron chi connectivity index (χ1n) is 5.34. The SMILES string of the molecule is Cc1ccc(OS(=O)(=O)c2cccc(N)c2)cc1. The summed E-state index contributed by atoms with van der Waals surface area (Å²) in [7, 11) is -3.83. The Morgan fingerprint density at radius 2 is 1.72 bits per heavy atom. The van der Waals surface area contributed by atoms with Crippen molar-refractivity contribution in [3.8, 4) is 5.75 Å². The van der Waals surface area contributed by atoms with Crippen LogP contribution in [0, 0.1) is 6.92 Å². The van der Waals surface area contributed by atoms with Gasteiger partial charge in [-0.3, -0.25) is 0 Å². The van der Waals surface area contributed by atoms with Crippen molar-refractivity contribution in [3.63, 3.8) is 0 Å². The molecule has 2 aromatic carbocycles. The zero-order chi connectivity index (χ0) is 13.2. The van der Waals surface area contributed by atoms with Crippen LogP contribution in [0.25, 0.3) is 0 Å². The van der Waals surface area contributed by atoms with E-state index in [0.717, 1.165) is 5.56 Å². The molecule has 18 heavy (non-hydrogen) atoms. The first kappa shape index (κ1) is 12.4. The zero-order valence-electron chi connectivity index (χ0n) is 9.83. The molecule has 0 bridgehead atoms. The number of aryl methyl sites for hydroxylation is 1. The summed E-state index contributed by atoms with van der Waals surface area (Å²) in [4.78, 5) is 0.0445. The van der Waals surface area contributed by atoms with Crippen LogP contribution < -0.4 is 9.92 Å². The topological polar surface area (TPSA) is 69.4 Å². The van der Waals surface area contributed by atoms with E-state index in [2.05, 4.69) is 0 Å². The van der Waals surface area contributed by atoms with Gasteiger partial charge >= 0.3 is 10.1 Å². The smallest absolute Gasteiger partial charge is 0.339 e. The van der Waals surface area contributed by atoms with E-state index < -0.39 is 10.1 Å². The first-order chi connectivity index (χ1) is 8.47. The highest BCUT2D eigenvalue weighted by Crippen LogP contribution is 2.20. The summed E-state index contributed by atoms with van der Waals surface area (Å²) in [6.45, 7) is 1.91. The number of hydrogen-bond donors (Lipinski definition) is 1. The van der Waals surface area contributed by atoms with E-state index in [0.29, 0.717) is 5.69 Å². The van der Waals surface area contributed by atoms with Crippen molar-refractivity contribution < 1.29 is 12.6 Å². The summed E-state index contributed by atoms with van der Waals surface area (Å²) >= 11 is 0. The molecule has 2 N–H and O–H groups in total. The van der Waals surface area contributed by atoms with Gasteiger partial charge in [-0.15, -0.1) is 0 Å². The second kappa shape index (κ2) is 4.70. The number of hydrogen-bond acceptors (Lipinski definition) is 4. The van der Waals surface area contributed by atoms with Gasteiger partial charge in [0.05, 0.1) is 0 Å². The Morgan fingerprint density at radius 1 is 1.06 bits per heavy atom. The standard InChI is InChI=1S/C13H13NO3S/c1-10-5-7-12(8-6-10)17-18(15,16)13-4-2-3-11(14)9-13/h2-9H,14H2,1H3. The lowest BCUT2D eigenvalue weighted by atomic mass is 10.2. The predicted octanol–water partition coefficient (Wildman–Crippen LogP) is 2.34. The van der Waals surface area contributed by atoms with E-state index in [1.807, 2.05) is 6.92 Å². The second-order valence-corrected chi connectivity index (χ2v) is 5.47. The summed E-state index contributed by atoms with van der Waals surface area (Å²) in [6, 6.07) is 12.8. The molecule has 2 rings (SSSR count). The Bertz CT molecular complexity index is 648. The van der Waals surface area contributed by atoms with Gasteiger partial charge in [-0.25, -0.2) is 0 Å². The van der Waals surface area contributed by atoms with E-state index >= 15 is 0 Å². The molecule has 5 heteroatoms. The van der Waals surface area contributed by atoms with Crippen LogP contribution in [0.5, 0.6) is 5.75 Å². The maximum absolute atomic E-state index is 12.0. The van der Waals surface area contributed by atoms with Crippen LogP contribution in [0.1, 0.15) is 5.56 Å². The van der Waals surface area contributed by atoms with Gasteiger partial charge in [-0.2, -0.15) is 8.42 Å². The monoisotopic (exact) mass is 263 g/mol. The van der Waals surface area contributed by atoms with Crippen LogP contribution in [0.2, 0.25) is 0 Å². The highest BCUT2D eigenvalue weighted by Gasteiger charge is 2.16. The maximum Gasteiger partial charge on any atom is 0.339 e. The van der Waals surface area contributed by atoms with Gasteiger partial charge in [0.2, 0.25) is 0 Å². The Labute approximate surface area is 106 Å². The van der Waals surface area contributed by atoms with Gasteiger partial charge in [0.15, 0.2) is 0 Å². The van der Waals surface area contributed by atoms with Crippen molar-refractivity contribution in [2.24, 2.45) is 0 Å². The summed E-state index contributed by atoms with van der Waals surface area (Å²) in [5.74, 6) is 0.281. The number of benzene rings is 2. The van der Waals surface area contributed by atoms with E-state index in [-0.39, 0.29) is 10.6 Å². The Kier molecular flexibility index (Phi) is 3.25. The van der Waals surface area contributed by atoms with Crippen molar-refractivity contribution in [2.45, 2.75) is 11.8 Å². The third kappa shape index (κ3) is 2.81. The molecule has 4 nitrogen and oxygen atoms in total. The fourth-order valence-corrected chi connectivity index (χ4v) is 2.43. The number of rotatable bonds is 3. The lowest BCUT2D eigenvalue weighted by Crippen LogP contribution is -2.10. The van der Waals surface area contributed by atoms with Gasteiger partial charge in [-0.05, 0) is 37.3 Å². The van der Waals surface area contributed by atoms with Crippen molar-refractivity contribution in [2.75, 3.05) is 5.73 Å². The van der Waals surface area contributed by atoms with Gasteiger partial charge < -0.3 is 9.92 Å². The molecule has 0 heterocycles. The van der Waals surface area contributed by atoms with Gasteiger partial charge in [0.25, 0.3) is 0 Å². The third-order valence-electron chi connectivity index (χ3n) is 2.37. The Balaban J connectivity index is 2.30. The Hall–Kier alpha value is -2.01. The molecule has 2 aromatic rings. The van der Waals surface area contributed by atoms with E-state index in [4.69, 9.17) is 9.92 Å². The van der Waals surface area contributed by atoms with Gasteiger partial charge in [0, 0.05) is 5.69 Å². The van der Waals surface area contributed by atoms with Gasteiger partial charge in [-0.1, -0.05) is 23.8 Å². The molecule has 0 radical (unpaired) electrons. The van der Waals surface area contributed by atoms with Crippen LogP contribution in [0.3, 0.4) is 0 Å². The van der Waals surface area contributed by atoms with Crippen LogP contribution in [0.15, 0.2) is 53.4 Å². The van der Waals surface area contributed by atoms with Crippen LogP contribution in [0.4, 0.5) is 5.69 Å². The predicted molar refractivity (Wildman–Crippen MR) is 69.8 cm³/mol. The fraction of sp³-hybridized carbons (Fsp3) is 0.0769. The summed E-state index contributed by atoms with van der Waals surface area (Å²) in [5.41, 5.74) is 6.96. The molecule has 0 fully saturated rings. The van der Waals surface area contributed by atoms with E-state index in [9.17, 15) is 8.42 Å². The molecule has 0 saturated heterocycles. The molecular formula is C13H13NO3S. The number of nitrogen functional groups attached to an aromatic ring is 1. The minimum atomic E-state index is -3.83. The summed E-state index contributed by atoms with van der Waals surface area (Å²) in [6.07, 6.45) is 0. The average Bonchev–Trinajstić information content (AvgIpc) is 2.32. The van der Waals surface area contributed by atoms with Crippen LogP contribution in [-0.2, 0) is 10.1 Å². The molecule has 0 amide bonds. The molecule has 0 atom stereocenters. The average molecular weight is 263 g/mol. The van der Waals surface area contributed by atoms with Crippen molar-refractivity contribution in [1.29, 1.82) is 0 Å². The fourth-order valence-electron chi connectivity index (χ4n) is 1.44. The summed E-state index contributed by atoms with van der Waals surface area (Å²) < 4.78 is 28.9. The first-order valence-corrected chi connectivity index (χ1v) is 6.75. The highest BCUT2D eigenvalue weighted by molar-refractivity contribution is 7.87. The zero-order valence-corrected chi connectivity index (χ0v) is 10.6. The molecule has 0 unspecified atom stereocenters. The van der Waals surface area contributed by atoms with Gasteiger partial charge in [0.1, 0.15) is 10.6 Å². The third-order valence-corrected chi connectivity index (χ3v) is 3.62. The molecule has 0 spiro atoms. The molecular weight excluding hydrogens is 250 g/mol. The molecule has 0 aliphatic rings. The second-order valence-electron chi connectivity index (χ2n) is 3.92. The minimum absolute atomic E-state index is 0.0445. The molecule has 0 saturated carbocycles. The lowest BCUT2D eigenvalue weighted by molar-refractivity contribution is 0.486. The summed E-state index contributed by atoms with van der Waals surface area (Å²) in [5, 5.41) is 0. The molecule has 0 aliphatic heterocycles. The van der Waals surface area contributed by atoms with E-state index in [1.54, 1.807) is 36.4 Å². The van der Waals surface area contributed by atoms with Crippen molar-refractivity contribution in [1.82, 2.24) is 0 Å².